The van der Waals surface area contributed by atoms with E-state index in [0.29, 0.717) is 12.1 Å². The molecule has 0 aromatic rings. The van der Waals surface area contributed by atoms with Gasteiger partial charge in [0, 0.05) is 33.4 Å². The summed E-state index contributed by atoms with van der Waals surface area (Å²) in [4.78, 5) is 2.39. The van der Waals surface area contributed by atoms with Crippen LogP contribution < -0.4 is 0 Å². The van der Waals surface area contributed by atoms with Crippen LogP contribution in [0, 0.1) is 0 Å². The zero-order valence-electron chi connectivity index (χ0n) is 8.23. The molecule has 2 aliphatic heterocycles. The number of rotatable bonds is 4. The molecule has 0 N–H and O–H groups in total. The first kappa shape index (κ1) is 9.40. The zero-order chi connectivity index (χ0) is 9.26. The van der Waals surface area contributed by atoms with Crippen molar-refractivity contribution in [3.05, 3.63) is 0 Å². The fourth-order valence-corrected chi connectivity index (χ4v) is 2.14. The number of hydrogen-bond acceptors (Lipinski definition) is 4. The number of ether oxygens (including phenoxy) is 3. The minimum atomic E-state index is -0.0978. The van der Waals surface area contributed by atoms with E-state index in [-0.39, 0.29) is 6.29 Å². The lowest BCUT2D eigenvalue weighted by molar-refractivity contribution is -0.124. The molecule has 2 atom stereocenters. The third-order valence-electron chi connectivity index (χ3n) is 2.92. The van der Waals surface area contributed by atoms with E-state index < -0.39 is 0 Å². The molecule has 13 heavy (non-hydrogen) atoms. The summed E-state index contributed by atoms with van der Waals surface area (Å²) in [5.74, 6) is 0. The van der Waals surface area contributed by atoms with Gasteiger partial charge in [0.2, 0.25) is 0 Å². The van der Waals surface area contributed by atoms with Gasteiger partial charge in [-0.1, -0.05) is 0 Å². The molecule has 0 aromatic heterocycles. The Morgan fingerprint density at radius 2 is 2.23 bits per heavy atom. The molecule has 0 unspecified atom stereocenters. The van der Waals surface area contributed by atoms with E-state index in [1.165, 1.54) is 6.42 Å². The molecule has 0 saturated carbocycles. The Labute approximate surface area is 78.7 Å². The molecule has 0 radical (unpaired) electrons. The second kappa shape index (κ2) is 3.92. The maximum Gasteiger partial charge on any atom is 0.169 e. The molecular formula is C9H17NO3. The lowest BCUT2D eigenvalue weighted by Crippen LogP contribution is -2.42. The Kier molecular flexibility index (Phi) is 2.83. The second-order valence-electron chi connectivity index (χ2n) is 3.70. The number of likely N-dealkylation sites (tertiary alicyclic amines) is 1. The average molecular weight is 187 g/mol. The third-order valence-corrected chi connectivity index (χ3v) is 2.92. The summed E-state index contributed by atoms with van der Waals surface area (Å²) in [7, 11) is 3.36. The first-order chi connectivity index (χ1) is 6.33. The Bertz CT molecular complexity index is 172. The first-order valence-corrected chi connectivity index (χ1v) is 4.74. The van der Waals surface area contributed by atoms with Crippen LogP contribution in [0.2, 0.25) is 0 Å². The van der Waals surface area contributed by atoms with Crippen LogP contribution in [-0.2, 0) is 14.2 Å². The van der Waals surface area contributed by atoms with E-state index >= 15 is 0 Å². The summed E-state index contributed by atoms with van der Waals surface area (Å²) < 4.78 is 15.8. The van der Waals surface area contributed by atoms with Crippen molar-refractivity contribution >= 4 is 0 Å². The van der Waals surface area contributed by atoms with Crippen LogP contribution >= 0.6 is 0 Å². The van der Waals surface area contributed by atoms with Crippen LogP contribution in [0.4, 0.5) is 0 Å². The van der Waals surface area contributed by atoms with Crippen LogP contribution in [-0.4, -0.2) is 57.3 Å². The molecule has 0 aliphatic carbocycles. The molecule has 2 heterocycles. The van der Waals surface area contributed by atoms with Crippen molar-refractivity contribution in [2.45, 2.75) is 24.9 Å². The van der Waals surface area contributed by atoms with Crippen molar-refractivity contribution in [1.82, 2.24) is 4.90 Å². The number of fused-ring (bicyclic) bond motifs is 2. The van der Waals surface area contributed by atoms with E-state index in [4.69, 9.17) is 14.2 Å². The van der Waals surface area contributed by atoms with Gasteiger partial charge in [-0.3, -0.25) is 4.90 Å². The molecule has 2 fully saturated rings. The summed E-state index contributed by atoms with van der Waals surface area (Å²) in [6.07, 6.45) is 1.54. The highest BCUT2D eigenvalue weighted by atomic mass is 16.7. The molecule has 2 aliphatic rings. The monoisotopic (exact) mass is 187 g/mol. The van der Waals surface area contributed by atoms with Gasteiger partial charge in [-0.15, -0.1) is 0 Å². The van der Waals surface area contributed by atoms with Gasteiger partial charge in [0.05, 0.1) is 12.7 Å². The highest BCUT2D eigenvalue weighted by Crippen LogP contribution is 2.27. The largest absolute Gasteiger partial charge is 0.375 e. The van der Waals surface area contributed by atoms with Crippen LogP contribution in [0.15, 0.2) is 0 Å². The van der Waals surface area contributed by atoms with Gasteiger partial charge in [0.25, 0.3) is 0 Å². The van der Waals surface area contributed by atoms with Gasteiger partial charge in [0.15, 0.2) is 6.29 Å². The lowest BCUT2D eigenvalue weighted by Gasteiger charge is -2.29. The van der Waals surface area contributed by atoms with Gasteiger partial charge in [-0.2, -0.15) is 0 Å². The maximum atomic E-state index is 5.51. The van der Waals surface area contributed by atoms with E-state index in [9.17, 15) is 0 Å². The minimum Gasteiger partial charge on any atom is -0.375 e. The topological polar surface area (TPSA) is 30.9 Å². The van der Waals surface area contributed by atoms with Gasteiger partial charge in [-0.05, 0) is 6.42 Å². The van der Waals surface area contributed by atoms with E-state index in [0.717, 1.165) is 19.7 Å². The number of nitrogens with zero attached hydrogens (tertiary/aromatic N) is 1. The fraction of sp³-hybridized carbons (Fsp3) is 1.00. The second-order valence-corrected chi connectivity index (χ2v) is 3.70. The van der Waals surface area contributed by atoms with Gasteiger partial charge in [0.1, 0.15) is 0 Å². The van der Waals surface area contributed by atoms with Crippen molar-refractivity contribution < 1.29 is 14.2 Å². The third kappa shape index (κ3) is 1.86. The van der Waals surface area contributed by atoms with E-state index in [1.54, 1.807) is 14.2 Å². The average Bonchev–Trinajstić information content (AvgIpc) is 2.75. The summed E-state index contributed by atoms with van der Waals surface area (Å²) in [5.41, 5.74) is 0. The lowest BCUT2D eigenvalue weighted by atomic mass is 10.2. The summed E-state index contributed by atoms with van der Waals surface area (Å²) >= 11 is 0. The molecule has 4 heteroatoms. The Hall–Kier alpha value is -0.160. The number of morpholine rings is 1. The quantitative estimate of drug-likeness (QED) is 0.583. The van der Waals surface area contributed by atoms with Gasteiger partial charge >= 0.3 is 0 Å². The highest BCUT2D eigenvalue weighted by Gasteiger charge is 2.39. The molecule has 76 valence electrons. The Balaban J connectivity index is 1.82. The van der Waals surface area contributed by atoms with Crippen LogP contribution in [0.5, 0.6) is 0 Å². The van der Waals surface area contributed by atoms with Crippen molar-refractivity contribution in [3.8, 4) is 0 Å². The van der Waals surface area contributed by atoms with Crippen molar-refractivity contribution in [1.29, 1.82) is 0 Å². The predicted octanol–water partition coefficient (Wildman–Crippen LogP) is 0.0784. The molecule has 0 spiro atoms. The molecule has 2 bridgehead atoms. The molecule has 4 nitrogen and oxygen atoms in total. The van der Waals surface area contributed by atoms with Crippen molar-refractivity contribution in [3.63, 3.8) is 0 Å². The number of hydrogen-bond donors (Lipinski definition) is 0. The standard InChI is InChI=1S/C9H17NO3/c1-11-9(12-2)5-10-4-8-3-7(10)6-13-8/h7-9H,3-6H2,1-2H3/t7-,8-/m1/s1. The highest BCUT2D eigenvalue weighted by molar-refractivity contribution is 4.91. The van der Waals surface area contributed by atoms with Crippen molar-refractivity contribution in [2.75, 3.05) is 33.9 Å². The van der Waals surface area contributed by atoms with Crippen LogP contribution in [0.1, 0.15) is 6.42 Å². The van der Waals surface area contributed by atoms with Gasteiger partial charge < -0.3 is 14.2 Å². The normalized spacial score (nSPS) is 33.5. The molecule has 0 aromatic carbocycles. The number of methoxy groups -OCH3 is 2. The summed E-state index contributed by atoms with van der Waals surface area (Å²) in [6, 6.07) is 0.595. The fourth-order valence-electron chi connectivity index (χ4n) is 2.14. The Morgan fingerprint density at radius 1 is 1.46 bits per heavy atom. The molecular weight excluding hydrogens is 170 g/mol. The molecule has 2 rings (SSSR count). The SMILES string of the molecule is COC(CN1C[C@H]2C[C@@H]1CO2)OC. The summed E-state index contributed by atoms with van der Waals surface area (Å²) in [5, 5.41) is 0. The van der Waals surface area contributed by atoms with Crippen LogP contribution in [0.25, 0.3) is 0 Å². The van der Waals surface area contributed by atoms with E-state index in [2.05, 4.69) is 4.90 Å². The van der Waals surface area contributed by atoms with Gasteiger partial charge in [-0.25, -0.2) is 0 Å². The maximum absolute atomic E-state index is 5.51. The Morgan fingerprint density at radius 3 is 2.69 bits per heavy atom. The van der Waals surface area contributed by atoms with Crippen LogP contribution in [0.3, 0.4) is 0 Å². The van der Waals surface area contributed by atoms with E-state index in [1.807, 2.05) is 0 Å². The first-order valence-electron chi connectivity index (χ1n) is 4.74. The minimum absolute atomic E-state index is 0.0978. The molecule has 2 saturated heterocycles. The van der Waals surface area contributed by atoms with Crippen molar-refractivity contribution in [2.24, 2.45) is 0 Å². The molecule has 0 amide bonds. The summed E-state index contributed by atoms with van der Waals surface area (Å²) in [6.45, 7) is 2.77. The zero-order valence-corrected chi connectivity index (χ0v) is 8.23. The smallest absolute Gasteiger partial charge is 0.169 e. The predicted molar refractivity (Wildman–Crippen MR) is 47.5 cm³/mol.